The Morgan fingerprint density at radius 2 is 2.22 bits per heavy atom. The molecule has 1 N–H and O–H groups in total. The molecule has 1 aromatic heterocycles. The van der Waals surface area contributed by atoms with Gasteiger partial charge in [0.1, 0.15) is 0 Å². The third-order valence-electron chi connectivity index (χ3n) is 4.21. The van der Waals surface area contributed by atoms with E-state index in [0.717, 1.165) is 30.6 Å². The first kappa shape index (κ1) is 15.7. The highest BCUT2D eigenvalue weighted by Crippen LogP contribution is 2.22. The normalized spacial score (nSPS) is 21.1. The Balaban J connectivity index is 1.61. The van der Waals surface area contributed by atoms with E-state index in [2.05, 4.69) is 15.5 Å². The highest BCUT2D eigenvalue weighted by molar-refractivity contribution is 5.79. The van der Waals surface area contributed by atoms with Gasteiger partial charge in [0.2, 0.25) is 5.91 Å². The van der Waals surface area contributed by atoms with Gasteiger partial charge >= 0.3 is 0 Å². The van der Waals surface area contributed by atoms with E-state index in [1.807, 2.05) is 38.1 Å². The highest BCUT2D eigenvalue weighted by Gasteiger charge is 2.28. The van der Waals surface area contributed by atoms with Gasteiger partial charge in [-0.25, -0.2) is 0 Å². The number of aryl methyl sites for hydroxylation is 1. The average molecular weight is 315 g/mol. The summed E-state index contributed by atoms with van der Waals surface area (Å²) in [6.45, 7) is 4.92. The maximum atomic E-state index is 12.2. The van der Waals surface area contributed by atoms with E-state index in [1.165, 1.54) is 0 Å². The van der Waals surface area contributed by atoms with Crippen molar-refractivity contribution < 1.29 is 14.1 Å². The lowest BCUT2D eigenvalue weighted by atomic mass is 9.94. The van der Waals surface area contributed by atoms with E-state index in [9.17, 15) is 4.79 Å². The number of ether oxygens (including phenoxy) is 1. The quantitative estimate of drug-likeness (QED) is 0.938. The van der Waals surface area contributed by atoms with Gasteiger partial charge < -0.3 is 14.6 Å². The molecular formula is C17H21N3O3. The van der Waals surface area contributed by atoms with Gasteiger partial charge in [-0.2, -0.15) is 4.98 Å². The third kappa shape index (κ3) is 3.59. The fourth-order valence-electron chi connectivity index (χ4n) is 2.81. The fraction of sp³-hybridized carbons (Fsp3) is 0.471. The molecule has 2 unspecified atom stereocenters. The van der Waals surface area contributed by atoms with Crippen LogP contribution in [-0.2, 0) is 16.1 Å². The van der Waals surface area contributed by atoms with Gasteiger partial charge in [-0.05, 0) is 38.3 Å². The Kier molecular flexibility index (Phi) is 4.71. The van der Waals surface area contributed by atoms with Crippen molar-refractivity contribution in [3.05, 3.63) is 35.7 Å². The molecule has 1 aromatic carbocycles. The number of nitrogens with one attached hydrogen (secondary N) is 1. The fourth-order valence-corrected chi connectivity index (χ4v) is 2.81. The number of amides is 1. The first-order valence-electron chi connectivity index (χ1n) is 7.93. The molecule has 3 rings (SSSR count). The van der Waals surface area contributed by atoms with E-state index in [4.69, 9.17) is 9.26 Å². The number of aromatic nitrogens is 2. The second-order valence-corrected chi connectivity index (χ2v) is 5.87. The van der Waals surface area contributed by atoms with Crippen molar-refractivity contribution in [1.29, 1.82) is 0 Å². The molecule has 0 saturated carbocycles. The van der Waals surface area contributed by atoms with Gasteiger partial charge in [-0.1, -0.05) is 23.4 Å². The summed E-state index contributed by atoms with van der Waals surface area (Å²) in [5.41, 5.74) is 1.98. The summed E-state index contributed by atoms with van der Waals surface area (Å²) in [5, 5.41) is 6.81. The summed E-state index contributed by atoms with van der Waals surface area (Å²) in [5.74, 6) is 0.827. The van der Waals surface area contributed by atoms with Gasteiger partial charge in [0.15, 0.2) is 5.82 Å². The van der Waals surface area contributed by atoms with Gasteiger partial charge in [-0.15, -0.1) is 0 Å². The SMILES string of the molecule is Cc1ccccc1-c1nc(CNC(=O)C2CCCOC2C)no1. The molecule has 1 amide bonds. The Morgan fingerprint density at radius 1 is 1.39 bits per heavy atom. The lowest BCUT2D eigenvalue weighted by molar-refractivity contribution is -0.133. The van der Waals surface area contributed by atoms with E-state index < -0.39 is 0 Å². The molecule has 6 heteroatoms. The van der Waals surface area contributed by atoms with Gasteiger partial charge in [0.25, 0.3) is 5.89 Å². The number of rotatable bonds is 4. The first-order chi connectivity index (χ1) is 11.1. The van der Waals surface area contributed by atoms with Crippen molar-refractivity contribution in [3.8, 4) is 11.5 Å². The predicted octanol–water partition coefficient (Wildman–Crippen LogP) is 2.48. The molecule has 6 nitrogen and oxygen atoms in total. The zero-order valence-corrected chi connectivity index (χ0v) is 13.4. The molecule has 0 spiro atoms. The monoisotopic (exact) mass is 315 g/mol. The van der Waals surface area contributed by atoms with Crippen LogP contribution in [0.4, 0.5) is 0 Å². The van der Waals surface area contributed by atoms with Crippen molar-refractivity contribution >= 4 is 5.91 Å². The predicted molar refractivity (Wildman–Crippen MR) is 84.5 cm³/mol. The summed E-state index contributed by atoms with van der Waals surface area (Å²) in [6.07, 6.45) is 1.73. The Hall–Kier alpha value is -2.21. The minimum atomic E-state index is -0.105. The molecule has 1 fully saturated rings. The highest BCUT2D eigenvalue weighted by atomic mass is 16.5. The minimum absolute atomic E-state index is 0.0144. The molecule has 2 aromatic rings. The first-order valence-corrected chi connectivity index (χ1v) is 7.93. The van der Waals surface area contributed by atoms with Crippen molar-refractivity contribution in [2.45, 2.75) is 39.3 Å². The van der Waals surface area contributed by atoms with Crippen LogP contribution >= 0.6 is 0 Å². The molecule has 1 saturated heterocycles. The largest absolute Gasteiger partial charge is 0.378 e. The number of benzene rings is 1. The maximum Gasteiger partial charge on any atom is 0.258 e. The number of carbonyl (C=O) groups is 1. The van der Waals surface area contributed by atoms with Crippen molar-refractivity contribution in [1.82, 2.24) is 15.5 Å². The molecule has 23 heavy (non-hydrogen) atoms. The zero-order chi connectivity index (χ0) is 16.2. The molecule has 122 valence electrons. The number of hydrogen-bond acceptors (Lipinski definition) is 5. The molecular weight excluding hydrogens is 294 g/mol. The van der Waals surface area contributed by atoms with Gasteiger partial charge in [0.05, 0.1) is 18.6 Å². The Bertz CT molecular complexity index is 683. The zero-order valence-electron chi connectivity index (χ0n) is 13.4. The number of carbonyl (C=O) groups excluding carboxylic acids is 1. The second kappa shape index (κ2) is 6.91. The van der Waals surface area contributed by atoms with Crippen LogP contribution in [0.15, 0.2) is 28.8 Å². The summed E-state index contributed by atoms with van der Waals surface area (Å²) in [6, 6.07) is 7.82. The van der Waals surface area contributed by atoms with Gasteiger partial charge in [-0.3, -0.25) is 4.79 Å². The Labute approximate surface area is 135 Å². The van der Waals surface area contributed by atoms with Crippen LogP contribution in [0.1, 0.15) is 31.2 Å². The van der Waals surface area contributed by atoms with E-state index >= 15 is 0 Å². The molecule has 0 bridgehead atoms. The molecule has 2 atom stereocenters. The molecule has 1 aliphatic rings. The summed E-state index contributed by atoms with van der Waals surface area (Å²) < 4.78 is 10.8. The second-order valence-electron chi connectivity index (χ2n) is 5.87. The number of nitrogens with zero attached hydrogens (tertiary/aromatic N) is 2. The van der Waals surface area contributed by atoms with E-state index in [1.54, 1.807) is 0 Å². The molecule has 1 aliphatic heterocycles. The summed E-state index contributed by atoms with van der Waals surface area (Å²) in [7, 11) is 0. The summed E-state index contributed by atoms with van der Waals surface area (Å²) in [4.78, 5) is 16.6. The molecule has 0 radical (unpaired) electrons. The topological polar surface area (TPSA) is 77.2 Å². The van der Waals surface area contributed by atoms with E-state index in [-0.39, 0.29) is 24.5 Å². The van der Waals surface area contributed by atoms with Gasteiger partial charge in [0, 0.05) is 12.2 Å². The van der Waals surface area contributed by atoms with Crippen molar-refractivity contribution in [3.63, 3.8) is 0 Å². The third-order valence-corrected chi connectivity index (χ3v) is 4.21. The van der Waals surface area contributed by atoms with Crippen LogP contribution in [0.5, 0.6) is 0 Å². The standard InChI is InChI=1S/C17H21N3O3/c1-11-6-3-4-7-13(11)17-19-15(20-23-17)10-18-16(21)14-8-5-9-22-12(14)2/h3-4,6-7,12,14H,5,8-10H2,1-2H3,(H,18,21). The van der Waals surface area contributed by atoms with Crippen molar-refractivity contribution in [2.75, 3.05) is 6.61 Å². The minimum Gasteiger partial charge on any atom is -0.378 e. The van der Waals surface area contributed by atoms with Crippen LogP contribution < -0.4 is 5.32 Å². The average Bonchev–Trinajstić information content (AvgIpc) is 3.02. The van der Waals surface area contributed by atoms with Crippen LogP contribution in [-0.4, -0.2) is 28.8 Å². The van der Waals surface area contributed by atoms with Crippen LogP contribution in [0.2, 0.25) is 0 Å². The van der Waals surface area contributed by atoms with E-state index in [0.29, 0.717) is 11.7 Å². The smallest absolute Gasteiger partial charge is 0.258 e. The maximum absolute atomic E-state index is 12.2. The Morgan fingerprint density at radius 3 is 3.00 bits per heavy atom. The molecule has 2 heterocycles. The lowest BCUT2D eigenvalue weighted by Crippen LogP contribution is -2.40. The van der Waals surface area contributed by atoms with Crippen LogP contribution in [0, 0.1) is 12.8 Å². The van der Waals surface area contributed by atoms with Crippen molar-refractivity contribution in [2.24, 2.45) is 5.92 Å². The lowest BCUT2D eigenvalue weighted by Gasteiger charge is -2.27. The number of hydrogen-bond donors (Lipinski definition) is 1. The van der Waals surface area contributed by atoms with Crippen LogP contribution in [0.3, 0.4) is 0 Å². The summed E-state index contributed by atoms with van der Waals surface area (Å²) >= 11 is 0. The van der Waals surface area contributed by atoms with Crippen LogP contribution in [0.25, 0.3) is 11.5 Å². The molecule has 0 aliphatic carbocycles.